The molecule has 4 heteroatoms. The first kappa shape index (κ1) is 26.2. The number of thiophene rings is 1. The van der Waals surface area contributed by atoms with Crippen molar-refractivity contribution >= 4 is 85.5 Å². The second-order valence-electron chi connectivity index (χ2n) is 13.4. The molecule has 0 fully saturated rings. The van der Waals surface area contributed by atoms with Crippen LogP contribution in [0.1, 0.15) is 0 Å². The minimum atomic E-state index is -2.14. The second-order valence-corrected chi connectivity index (χ2v) is 23.1. The maximum atomic E-state index is 2.67. The average molecular weight is 616 g/mol. The van der Waals surface area contributed by atoms with E-state index < -0.39 is 16.1 Å². The minimum absolute atomic E-state index is 1.28. The molecule has 0 aliphatic carbocycles. The van der Waals surface area contributed by atoms with Crippen molar-refractivity contribution in [1.82, 2.24) is 0 Å². The molecule has 0 spiro atoms. The highest BCUT2D eigenvalue weighted by atomic mass is 32.1. The van der Waals surface area contributed by atoms with Crippen LogP contribution in [0, 0.1) is 0 Å². The number of benzene rings is 6. The molecule has 0 saturated carbocycles. The molecule has 2 aliphatic heterocycles. The highest BCUT2D eigenvalue weighted by Crippen LogP contribution is 2.46. The molecule has 0 unspecified atom stereocenters. The first-order valence-corrected chi connectivity index (χ1v) is 22.3. The van der Waals surface area contributed by atoms with Gasteiger partial charge in [0.2, 0.25) is 0 Å². The highest BCUT2D eigenvalue weighted by Gasteiger charge is 2.48. The third-order valence-electron chi connectivity index (χ3n) is 10.2. The quantitative estimate of drug-likeness (QED) is 0.175. The van der Waals surface area contributed by atoms with Gasteiger partial charge in [-0.15, -0.1) is 11.3 Å². The fourth-order valence-electron chi connectivity index (χ4n) is 7.87. The number of hydrogen-bond donors (Lipinski definition) is 0. The van der Waals surface area contributed by atoms with Crippen LogP contribution in [0.25, 0.3) is 42.4 Å². The van der Waals surface area contributed by atoms with E-state index in [1.54, 1.807) is 10.4 Å². The van der Waals surface area contributed by atoms with Crippen LogP contribution in [-0.2, 0) is 0 Å². The monoisotopic (exact) mass is 615 g/mol. The second kappa shape index (κ2) is 9.15. The molecule has 2 aliphatic rings. The van der Waals surface area contributed by atoms with Crippen LogP contribution in [0.2, 0.25) is 26.2 Å². The van der Waals surface area contributed by atoms with Gasteiger partial charge in [0.05, 0.1) is 0 Å². The van der Waals surface area contributed by atoms with Gasteiger partial charge >= 0.3 is 0 Å². The van der Waals surface area contributed by atoms with Crippen LogP contribution in [0.4, 0.5) is 17.1 Å². The van der Waals surface area contributed by atoms with Gasteiger partial charge in [0, 0.05) is 37.2 Å². The van der Waals surface area contributed by atoms with E-state index in [1.165, 1.54) is 69.9 Å². The van der Waals surface area contributed by atoms with Gasteiger partial charge in [0.1, 0.15) is 16.1 Å². The molecule has 9 rings (SSSR count). The van der Waals surface area contributed by atoms with Crippen molar-refractivity contribution in [3.8, 4) is 22.3 Å². The molecule has 0 radical (unpaired) electrons. The van der Waals surface area contributed by atoms with E-state index in [-0.39, 0.29) is 0 Å². The Hall–Kier alpha value is -4.23. The molecule has 0 saturated heterocycles. The number of hydrogen-bond acceptors (Lipinski definition) is 2. The zero-order chi connectivity index (χ0) is 29.8. The lowest BCUT2D eigenvalue weighted by atomic mass is 10.0. The Labute approximate surface area is 265 Å². The van der Waals surface area contributed by atoms with Crippen molar-refractivity contribution < 1.29 is 0 Å². The summed E-state index contributed by atoms with van der Waals surface area (Å²) in [6.45, 7) is 10.4. The van der Waals surface area contributed by atoms with Crippen molar-refractivity contribution in [2.75, 3.05) is 4.90 Å². The first-order chi connectivity index (χ1) is 21.3. The van der Waals surface area contributed by atoms with Gasteiger partial charge in [0.15, 0.2) is 0 Å². The summed E-state index contributed by atoms with van der Waals surface area (Å²) >= 11 is 2.00. The molecule has 0 N–H and O–H groups in total. The normalized spacial score (nSPS) is 15.6. The summed E-state index contributed by atoms with van der Waals surface area (Å²) in [5.41, 5.74) is 9.42. The molecular formula is C40H33NSSi2. The molecule has 212 valence electrons. The third-order valence-corrected chi connectivity index (χ3v) is 18.5. The summed E-state index contributed by atoms with van der Waals surface area (Å²) in [6.07, 6.45) is 0. The Kier molecular flexibility index (Phi) is 5.45. The Morgan fingerprint density at radius 1 is 0.477 bits per heavy atom. The summed E-state index contributed by atoms with van der Waals surface area (Å²) in [4.78, 5) is 2.67. The summed E-state index contributed by atoms with van der Waals surface area (Å²) < 4.78 is 2.89. The van der Waals surface area contributed by atoms with Crippen LogP contribution >= 0.6 is 11.3 Å². The van der Waals surface area contributed by atoms with E-state index >= 15 is 0 Å². The minimum Gasteiger partial charge on any atom is -0.311 e. The van der Waals surface area contributed by atoms with E-state index in [2.05, 4.69) is 158 Å². The molecule has 7 aromatic rings. The SMILES string of the molecule is C[Si]1(C)c2cc(-c3ccccc3)ccc2N2c3ccc(-c4ccccc4)cc3[Si](C)(C)c3c2c1cc1c3sc2ccccc21. The molecule has 3 heterocycles. The molecular weight excluding hydrogens is 583 g/mol. The van der Waals surface area contributed by atoms with Crippen molar-refractivity contribution in [2.45, 2.75) is 26.2 Å². The Morgan fingerprint density at radius 2 is 1.02 bits per heavy atom. The lowest BCUT2D eigenvalue weighted by molar-refractivity contribution is 1.29. The lowest BCUT2D eigenvalue weighted by Gasteiger charge is -2.49. The average Bonchev–Trinajstić information content (AvgIpc) is 3.43. The highest BCUT2D eigenvalue weighted by molar-refractivity contribution is 7.28. The Balaban J connectivity index is 1.41. The zero-order valence-corrected chi connectivity index (χ0v) is 28.3. The van der Waals surface area contributed by atoms with E-state index in [9.17, 15) is 0 Å². The van der Waals surface area contributed by atoms with Crippen LogP contribution in [0.5, 0.6) is 0 Å². The number of rotatable bonds is 2. The van der Waals surface area contributed by atoms with Crippen LogP contribution in [-0.4, -0.2) is 16.1 Å². The van der Waals surface area contributed by atoms with Gasteiger partial charge in [-0.2, -0.15) is 0 Å². The topological polar surface area (TPSA) is 3.24 Å². The van der Waals surface area contributed by atoms with Gasteiger partial charge in [-0.3, -0.25) is 0 Å². The molecule has 44 heavy (non-hydrogen) atoms. The Morgan fingerprint density at radius 3 is 1.64 bits per heavy atom. The van der Waals surface area contributed by atoms with Crippen LogP contribution < -0.4 is 25.6 Å². The van der Waals surface area contributed by atoms with Crippen LogP contribution in [0.3, 0.4) is 0 Å². The van der Waals surface area contributed by atoms with E-state index in [0.29, 0.717) is 0 Å². The van der Waals surface area contributed by atoms with Crippen molar-refractivity contribution in [2.24, 2.45) is 0 Å². The summed E-state index contributed by atoms with van der Waals surface area (Å²) in [5.74, 6) is 0. The van der Waals surface area contributed by atoms with Gasteiger partial charge < -0.3 is 4.90 Å². The third kappa shape index (κ3) is 3.50. The molecule has 0 amide bonds. The van der Waals surface area contributed by atoms with Crippen LogP contribution in [0.15, 0.2) is 127 Å². The first-order valence-electron chi connectivity index (χ1n) is 15.5. The smallest absolute Gasteiger partial charge is 0.119 e. The molecule has 0 atom stereocenters. The molecule has 1 aromatic heterocycles. The number of nitrogens with zero attached hydrogens (tertiary/aromatic N) is 1. The fraction of sp³-hybridized carbons (Fsp3) is 0.100. The molecule has 0 bridgehead atoms. The predicted octanol–water partition coefficient (Wildman–Crippen LogP) is 9.13. The van der Waals surface area contributed by atoms with Gasteiger partial charge in [0.25, 0.3) is 0 Å². The maximum Gasteiger partial charge on any atom is 0.119 e. The van der Waals surface area contributed by atoms with Gasteiger partial charge in [-0.05, 0) is 61.2 Å². The predicted molar refractivity (Wildman–Crippen MR) is 198 cm³/mol. The molecule has 1 nitrogen and oxygen atoms in total. The van der Waals surface area contributed by atoms with Crippen molar-refractivity contribution in [1.29, 1.82) is 0 Å². The van der Waals surface area contributed by atoms with E-state index in [1.807, 2.05) is 11.3 Å². The zero-order valence-electron chi connectivity index (χ0n) is 25.5. The van der Waals surface area contributed by atoms with Gasteiger partial charge in [-0.1, -0.05) is 135 Å². The molecule has 6 aromatic carbocycles. The largest absolute Gasteiger partial charge is 0.311 e. The lowest BCUT2D eigenvalue weighted by Crippen LogP contribution is -2.66. The van der Waals surface area contributed by atoms with Crippen molar-refractivity contribution in [3.05, 3.63) is 127 Å². The summed E-state index contributed by atoms with van der Waals surface area (Å²) in [6, 6.07) is 48.0. The number of anilines is 3. The standard InChI is InChI=1S/C40H33NSSi2/c1-43(2)35-23-28(26-13-7-5-8-14-26)19-21-32(35)41-33-22-20-29(27-15-9-6-10-16-27)24-36(33)44(3,4)40-38(41)37(43)25-31-30-17-11-12-18-34(30)42-39(31)40/h5-25H,1-4H3. The number of fused-ring (bicyclic) bond motifs is 8. The van der Waals surface area contributed by atoms with Gasteiger partial charge in [-0.25, -0.2) is 0 Å². The van der Waals surface area contributed by atoms with E-state index in [4.69, 9.17) is 0 Å². The Bertz CT molecular complexity index is 2270. The summed E-state index contributed by atoms with van der Waals surface area (Å²) in [7, 11) is -4.23. The fourth-order valence-corrected chi connectivity index (χ4v) is 16.2. The maximum absolute atomic E-state index is 2.67. The van der Waals surface area contributed by atoms with Crippen molar-refractivity contribution in [3.63, 3.8) is 0 Å². The summed E-state index contributed by atoms with van der Waals surface area (Å²) in [5, 5.41) is 9.12. The van der Waals surface area contributed by atoms with E-state index in [0.717, 1.165) is 0 Å².